The molecule has 110 valence electrons. The minimum atomic E-state index is 0.385. The summed E-state index contributed by atoms with van der Waals surface area (Å²) in [5, 5.41) is 0. The molecule has 1 aliphatic heterocycles. The van der Waals surface area contributed by atoms with Crippen molar-refractivity contribution >= 4 is 7.92 Å². The fourth-order valence-electron chi connectivity index (χ4n) is 5.44. The van der Waals surface area contributed by atoms with Crippen LogP contribution in [0.4, 0.5) is 0 Å². The molecule has 2 aliphatic carbocycles. The Morgan fingerprint density at radius 3 is 1.42 bits per heavy atom. The van der Waals surface area contributed by atoms with Crippen LogP contribution in [0, 0.1) is 11.8 Å². The van der Waals surface area contributed by atoms with Gasteiger partial charge in [0.15, 0.2) is 0 Å². The average molecular weight is 280 g/mol. The molecule has 2 atom stereocenters. The van der Waals surface area contributed by atoms with Crippen LogP contribution in [0.3, 0.4) is 0 Å². The smallest absolute Gasteiger partial charge is 0.0178 e. The Kier molecular flexibility index (Phi) is 5.24. The summed E-state index contributed by atoms with van der Waals surface area (Å²) in [7, 11) is 0.385. The lowest BCUT2D eigenvalue weighted by Gasteiger charge is -2.37. The summed E-state index contributed by atoms with van der Waals surface area (Å²) in [6, 6.07) is 0. The second-order valence-electron chi connectivity index (χ2n) is 7.34. The van der Waals surface area contributed by atoms with Crippen LogP contribution in [0.25, 0.3) is 0 Å². The lowest BCUT2D eigenvalue weighted by molar-refractivity contribution is 0.332. The number of hydrogen-bond donors (Lipinski definition) is 0. The van der Waals surface area contributed by atoms with E-state index in [9.17, 15) is 0 Å². The van der Waals surface area contributed by atoms with E-state index in [-0.39, 0.29) is 0 Å². The molecule has 0 amide bonds. The zero-order valence-corrected chi connectivity index (χ0v) is 13.8. The summed E-state index contributed by atoms with van der Waals surface area (Å²) in [5.74, 6) is 2.29. The Balaban J connectivity index is 1.63. The molecule has 0 N–H and O–H groups in total. The normalized spacial score (nSPS) is 38.7. The summed E-state index contributed by atoms with van der Waals surface area (Å²) in [4.78, 5) is 0. The topological polar surface area (TPSA) is 0 Å². The standard InChI is InChI=1S/C18H33P/c1-2-19-17(15-9-5-3-6-10-15)13-14-18(19)16-11-7-4-8-12-16/h15-18H,2-14H2,1H3. The molecule has 0 radical (unpaired) electrons. The molecule has 1 saturated heterocycles. The highest BCUT2D eigenvalue weighted by atomic mass is 31.1. The predicted molar refractivity (Wildman–Crippen MR) is 87.4 cm³/mol. The molecule has 2 unspecified atom stereocenters. The molecule has 19 heavy (non-hydrogen) atoms. The van der Waals surface area contributed by atoms with Crippen LogP contribution in [-0.4, -0.2) is 17.5 Å². The van der Waals surface area contributed by atoms with E-state index in [1.165, 1.54) is 30.3 Å². The highest BCUT2D eigenvalue weighted by molar-refractivity contribution is 7.59. The summed E-state index contributed by atoms with van der Waals surface area (Å²) in [5.41, 5.74) is 2.37. The van der Waals surface area contributed by atoms with Crippen molar-refractivity contribution in [3.05, 3.63) is 0 Å². The van der Waals surface area contributed by atoms with Crippen LogP contribution in [0.5, 0.6) is 0 Å². The molecule has 1 heterocycles. The van der Waals surface area contributed by atoms with Gasteiger partial charge in [0.25, 0.3) is 0 Å². The van der Waals surface area contributed by atoms with Gasteiger partial charge in [0.05, 0.1) is 0 Å². The molecular formula is C18H33P. The molecular weight excluding hydrogens is 247 g/mol. The van der Waals surface area contributed by atoms with Crippen molar-refractivity contribution < 1.29 is 0 Å². The first-order chi connectivity index (χ1) is 9.40. The summed E-state index contributed by atoms with van der Waals surface area (Å²) in [6.45, 7) is 2.52. The van der Waals surface area contributed by atoms with Crippen LogP contribution in [-0.2, 0) is 0 Å². The minimum absolute atomic E-state index is 0.385. The molecule has 3 fully saturated rings. The zero-order chi connectivity index (χ0) is 13.1. The fraction of sp³-hybridized carbons (Fsp3) is 1.00. The first kappa shape index (κ1) is 14.4. The summed E-state index contributed by atoms with van der Waals surface area (Å²) in [6.07, 6.45) is 20.3. The van der Waals surface area contributed by atoms with Gasteiger partial charge in [-0.2, -0.15) is 0 Å². The van der Waals surface area contributed by atoms with Gasteiger partial charge in [0.1, 0.15) is 0 Å². The van der Waals surface area contributed by atoms with Crippen molar-refractivity contribution in [3.63, 3.8) is 0 Å². The summed E-state index contributed by atoms with van der Waals surface area (Å²) < 4.78 is 0. The highest BCUT2D eigenvalue weighted by Crippen LogP contribution is 2.62. The van der Waals surface area contributed by atoms with Crippen LogP contribution >= 0.6 is 7.92 Å². The first-order valence-corrected chi connectivity index (χ1v) is 10.8. The lowest BCUT2D eigenvalue weighted by Crippen LogP contribution is -2.23. The SMILES string of the molecule is CCP1C(C2CCCCC2)CCC1C1CCCCC1. The number of hydrogen-bond acceptors (Lipinski definition) is 0. The van der Waals surface area contributed by atoms with Gasteiger partial charge in [-0.3, -0.25) is 0 Å². The Hall–Kier alpha value is 0.430. The maximum absolute atomic E-state index is 2.52. The van der Waals surface area contributed by atoms with Gasteiger partial charge in [-0.15, -0.1) is 7.92 Å². The van der Waals surface area contributed by atoms with Crippen LogP contribution in [0.1, 0.15) is 84.0 Å². The van der Waals surface area contributed by atoms with Crippen molar-refractivity contribution in [2.45, 2.75) is 95.3 Å². The maximum atomic E-state index is 2.52. The monoisotopic (exact) mass is 280 g/mol. The Morgan fingerprint density at radius 2 is 1.05 bits per heavy atom. The molecule has 3 rings (SSSR count). The molecule has 0 aromatic carbocycles. The molecule has 0 bridgehead atoms. The van der Waals surface area contributed by atoms with Gasteiger partial charge in [-0.1, -0.05) is 45.4 Å². The van der Waals surface area contributed by atoms with Crippen molar-refractivity contribution in [2.75, 3.05) is 6.16 Å². The quantitative estimate of drug-likeness (QED) is 0.541. The van der Waals surface area contributed by atoms with E-state index in [1.807, 2.05) is 0 Å². The van der Waals surface area contributed by atoms with Crippen LogP contribution in [0.2, 0.25) is 0 Å². The van der Waals surface area contributed by atoms with E-state index in [0.29, 0.717) is 7.92 Å². The zero-order valence-electron chi connectivity index (χ0n) is 12.9. The van der Waals surface area contributed by atoms with E-state index in [2.05, 4.69) is 6.92 Å². The Morgan fingerprint density at radius 1 is 0.632 bits per heavy atom. The molecule has 0 aromatic rings. The van der Waals surface area contributed by atoms with Crippen molar-refractivity contribution in [1.29, 1.82) is 0 Å². The number of rotatable bonds is 3. The average Bonchev–Trinajstić information content (AvgIpc) is 2.93. The van der Waals surface area contributed by atoms with E-state index < -0.39 is 0 Å². The van der Waals surface area contributed by atoms with Gasteiger partial charge in [-0.05, 0) is 67.8 Å². The van der Waals surface area contributed by atoms with Crippen molar-refractivity contribution in [2.24, 2.45) is 11.8 Å². The molecule has 2 saturated carbocycles. The predicted octanol–water partition coefficient (Wildman–Crippen LogP) is 6.18. The van der Waals surface area contributed by atoms with Crippen molar-refractivity contribution in [1.82, 2.24) is 0 Å². The lowest BCUT2D eigenvalue weighted by atomic mass is 9.83. The molecule has 0 nitrogen and oxygen atoms in total. The fourth-order valence-corrected chi connectivity index (χ4v) is 9.51. The highest BCUT2D eigenvalue weighted by Gasteiger charge is 2.42. The summed E-state index contributed by atoms with van der Waals surface area (Å²) >= 11 is 0. The van der Waals surface area contributed by atoms with Gasteiger partial charge < -0.3 is 0 Å². The third-order valence-corrected chi connectivity index (χ3v) is 10.2. The second-order valence-corrected chi connectivity index (χ2v) is 10.3. The second kappa shape index (κ2) is 6.93. The van der Waals surface area contributed by atoms with E-state index in [0.717, 1.165) is 11.8 Å². The third kappa shape index (κ3) is 3.20. The minimum Gasteiger partial charge on any atom is -0.100 e. The molecule has 0 aromatic heterocycles. The van der Waals surface area contributed by atoms with Crippen LogP contribution in [0.15, 0.2) is 0 Å². The van der Waals surface area contributed by atoms with Gasteiger partial charge in [0, 0.05) is 0 Å². The third-order valence-electron chi connectivity index (χ3n) is 6.36. The first-order valence-electron chi connectivity index (χ1n) is 9.16. The Bertz CT molecular complexity index is 237. The van der Waals surface area contributed by atoms with Gasteiger partial charge >= 0.3 is 0 Å². The maximum Gasteiger partial charge on any atom is -0.0178 e. The van der Waals surface area contributed by atoms with E-state index >= 15 is 0 Å². The van der Waals surface area contributed by atoms with E-state index in [4.69, 9.17) is 0 Å². The van der Waals surface area contributed by atoms with Crippen molar-refractivity contribution in [3.8, 4) is 0 Å². The van der Waals surface area contributed by atoms with Gasteiger partial charge in [-0.25, -0.2) is 0 Å². The van der Waals surface area contributed by atoms with E-state index in [1.54, 1.807) is 64.2 Å². The molecule has 0 spiro atoms. The van der Waals surface area contributed by atoms with Gasteiger partial charge in [0.2, 0.25) is 0 Å². The van der Waals surface area contributed by atoms with Crippen LogP contribution < -0.4 is 0 Å². The molecule has 3 aliphatic rings. The Labute approximate surface area is 121 Å². The molecule has 1 heteroatoms. The largest absolute Gasteiger partial charge is 0.100 e.